The van der Waals surface area contributed by atoms with Gasteiger partial charge < -0.3 is 5.32 Å². The zero-order chi connectivity index (χ0) is 17.9. The van der Waals surface area contributed by atoms with E-state index in [1.54, 1.807) is 11.0 Å². The van der Waals surface area contributed by atoms with Gasteiger partial charge in [-0.15, -0.1) is 0 Å². The first-order chi connectivity index (χ1) is 11.9. The van der Waals surface area contributed by atoms with Crippen LogP contribution in [0.1, 0.15) is 24.0 Å². The predicted octanol–water partition coefficient (Wildman–Crippen LogP) is 0.367. The van der Waals surface area contributed by atoms with Gasteiger partial charge in [0.05, 0.1) is 12.8 Å². The van der Waals surface area contributed by atoms with Crippen molar-refractivity contribution in [3.8, 4) is 0 Å². The summed E-state index contributed by atoms with van der Waals surface area (Å²) < 4.78 is 26.6. The second-order valence-electron chi connectivity index (χ2n) is 6.11. The SMILES string of the molecule is CS(=O)(=O)N1CCC[C@H]1C(=O)NCc1ccccc1Cn1cncn1. The number of rotatable bonds is 6. The Morgan fingerprint density at radius 2 is 2.08 bits per heavy atom. The quantitative estimate of drug-likeness (QED) is 0.800. The number of nitrogens with zero attached hydrogens (tertiary/aromatic N) is 4. The summed E-state index contributed by atoms with van der Waals surface area (Å²) in [6, 6.07) is 7.14. The van der Waals surface area contributed by atoms with Crippen molar-refractivity contribution in [3.63, 3.8) is 0 Å². The Labute approximate surface area is 146 Å². The highest BCUT2D eigenvalue weighted by molar-refractivity contribution is 7.88. The zero-order valence-corrected chi connectivity index (χ0v) is 14.8. The minimum Gasteiger partial charge on any atom is -0.351 e. The molecule has 134 valence electrons. The van der Waals surface area contributed by atoms with Gasteiger partial charge in [0.25, 0.3) is 0 Å². The molecule has 2 heterocycles. The maximum Gasteiger partial charge on any atom is 0.238 e. The van der Waals surface area contributed by atoms with Crippen LogP contribution in [0.15, 0.2) is 36.9 Å². The molecule has 1 atom stereocenters. The fourth-order valence-electron chi connectivity index (χ4n) is 3.07. The molecule has 1 aliphatic rings. The number of benzene rings is 1. The van der Waals surface area contributed by atoms with E-state index in [-0.39, 0.29) is 5.91 Å². The average molecular weight is 363 g/mol. The predicted molar refractivity (Wildman–Crippen MR) is 92.0 cm³/mol. The molecule has 0 aliphatic carbocycles. The van der Waals surface area contributed by atoms with Crippen LogP contribution in [-0.4, -0.2) is 52.2 Å². The summed E-state index contributed by atoms with van der Waals surface area (Å²) in [5.41, 5.74) is 2.00. The van der Waals surface area contributed by atoms with Gasteiger partial charge in [-0.05, 0) is 24.0 Å². The molecule has 0 saturated carbocycles. The average Bonchev–Trinajstić information content (AvgIpc) is 3.24. The van der Waals surface area contributed by atoms with Crippen LogP contribution in [-0.2, 0) is 27.9 Å². The molecule has 0 radical (unpaired) electrons. The molecular weight excluding hydrogens is 342 g/mol. The standard InChI is InChI=1S/C16H21N5O3S/c1-25(23,24)21-8-4-7-15(21)16(22)18-9-13-5-2-3-6-14(13)10-20-12-17-11-19-20/h2-3,5-6,11-12,15H,4,7-10H2,1H3,(H,18,22)/t15-/m0/s1. The Balaban J connectivity index is 1.66. The van der Waals surface area contributed by atoms with Gasteiger partial charge in [0.15, 0.2) is 0 Å². The number of carbonyl (C=O) groups is 1. The van der Waals surface area contributed by atoms with Gasteiger partial charge in [0.1, 0.15) is 18.7 Å². The Kier molecular flexibility index (Phi) is 5.14. The third-order valence-electron chi connectivity index (χ3n) is 4.30. The van der Waals surface area contributed by atoms with Gasteiger partial charge in [-0.3, -0.25) is 4.79 Å². The van der Waals surface area contributed by atoms with Crippen LogP contribution in [0.25, 0.3) is 0 Å². The molecule has 1 fully saturated rings. The Hall–Kier alpha value is -2.26. The van der Waals surface area contributed by atoms with Crippen molar-refractivity contribution < 1.29 is 13.2 Å². The van der Waals surface area contributed by atoms with Crippen molar-refractivity contribution in [1.82, 2.24) is 24.4 Å². The van der Waals surface area contributed by atoms with Gasteiger partial charge in [0.2, 0.25) is 15.9 Å². The van der Waals surface area contributed by atoms with E-state index in [9.17, 15) is 13.2 Å². The number of nitrogens with one attached hydrogen (secondary N) is 1. The lowest BCUT2D eigenvalue weighted by molar-refractivity contribution is -0.124. The summed E-state index contributed by atoms with van der Waals surface area (Å²) in [5.74, 6) is -0.251. The molecule has 1 amide bonds. The molecule has 1 aromatic heterocycles. The highest BCUT2D eigenvalue weighted by atomic mass is 32.2. The number of carbonyl (C=O) groups excluding carboxylic acids is 1. The van der Waals surface area contributed by atoms with Gasteiger partial charge in [-0.25, -0.2) is 18.1 Å². The Morgan fingerprint density at radius 3 is 2.76 bits per heavy atom. The summed E-state index contributed by atoms with van der Waals surface area (Å²) in [6.45, 7) is 1.31. The Morgan fingerprint density at radius 1 is 1.32 bits per heavy atom. The summed E-state index contributed by atoms with van der Waals surface area (Å²) in [4.78, 5) is 16.4. The smallest absolute Gasteiger partial charge is 0.238 e. The molecular formula is C16H21N5O3S. The number of hydrogen-bond acceptors (Lipinski definition) is 5. The third-order valence-corrected chi connectivity index (χ3v) is 5.59. The number of aromatic nitrogens is 3. The van der Waals surface area contributed by atoms with Crippen molar-refractivity contribution in [2.75, 3.05) is 12.8 Å². The molecule has 1 N–H and O–H groups in total. The molecule has 1 aliphatic heterocycles. The van der Waals surface area contributed by atoms with E-state index in [2.05, 4.69) is 15.4 Å². The third kappa shape index (κ3) is 4.23. The van der Waals surface area contributed by atoms with Gasteiger partial charge in [-0.1, -0.05) is 24.3 Å². The lowest BCUT2D eigenvalue weighted by Gasteiger charge is -2.21. The molecule has 0 spiro atoms. The molecule has 25 heavy (non-hydrogen) atoms. The first kappa shape index (κ1) is 17.6. The topological polar surface area (TPSA) is 97.2 Å². The van der Waals surface area contributed by atoms with Crippen molar-refractivity contribution >= 4 is 15.9 Å². The van der Waals surface area contributed by atoms with Crippen molar-refractivity contribution in [1.29, 1.82) is 0 Å². The van der Waals surface area contributed by atoms with E-state index >= 15 is 0 Å². The summed E-state index contributed by atoms with van der Waals surface area (Å²) >= 11 is 0. The lowest BCUT2D eigenvalue weighted by Crippen LogP contribution is -2.45. The minimum absolute atomic E-state index is 0.251. The largest absolute Gasteiger partial charge is 0.351 e. The van der Waals surface area contributed by atoms with Crippen LogP contribution in [0, 0.1) is 0 Å². The van der Waals surface area contributed by atoms with E-state index in [1.165, 1.54) is 10.6 Å². The fraction of sp³-hybridized carbons (Fsp3) is 0.438. The molecule has 1 saturated heterocycles. The molecule has 8 nitrogen and oxygen atoms in total. The normalized spacial score (nSPS) is 18.4. The van der Waals surface area contributed by atoms with Gasteiger partial charge in [0, 0.05) is 13.1 Å². The summed E-state index contributed by atoms with van der Waals surface area (Å²) in [7, 11) is -3.37. The van der Waals surface area contributed by atoms with E-state index in [0.29, 0.717) is 32.5 Å². The molecule has 1 aromatic carbocycles. The second-order valence-corrected chi connectivity index (χ2v) is 8.05. The number of sulfonamides is 1. The molecule has 0 unspecified atom stereocenters. The number of amides is 1. The minimum atomic E-state index is -3.37. The van der Waals surface area contributed by atoms with Crippen molar-refractivity contribution in [3.05, 3.63) is 48.0 Å². The van der Waals surface area contributed by atoms with Gasteiger partial charge >= 0.3 is 0 Å². The zero-order valence-electron chi connectivity index (χ0n) is 14.0. The van der Waals surface area contributed by atoms with Crippen LogP contribution >= 0.6 is 0 Å². The van der Waals surface area contributed by atoms with Crippen LogP contribution in [0.4, 0.5) is 0 Å². The fourth-order valence-corrected chi connectivity index (χ4v) is 4.20. The summed E-state index contributed by atoms with van der Waals surface area (Å²) in [5, 5.41) is 6.97. The molecule has 0 bridgehead atoms. The maximum atomic E-state index is 12.5. The second kappa shape index (κ2) is 7.32. The van der Waals surface area contributed by atoms with E-state index < -0.39 is 16.1 Å². The van der Waals surface area contributed by atoms with E-state index in [0.717, 1.165) is 17.4 Å². The first-order valence-corrected chi connectivity index (χ1v) is 9.93. The molecule has 3 rings (SSSR count). The van der Waals surface area contributed by atoms with E-state index in [1.807, 2.05) is 24.3 Å². The Bertz CT molecular complexity index is 835. The highest BCUT2D eigenvalue weighted by Crippen LogP contribution is 2.20. The lowest BCUT2D eigenvalue weighted by atomic mass is 10.1. The van der Waals surface area contributed by atoms with Gasteiger partial charge in [-0.2, -0.15) is 9.40 Å². The van der Waals surface area contributed by atoms with Crippen LogP contribution < -0.4 is 5.32 Å². The first-order valence-electron chi connectivity index (χ1n) is 8.09. The molecule has 2 aromatic rings. The molecule has 9 heteroatoms. The van der Waals surface area contributed by atoms with Crippen LogP contribution in [0.5, 0.6) is 0 Å². The van der Waals surface area contributed by atoms with Crippen molar-refractivity contribution in [2.45, 2.75) is 32.0 Å². The van der Waals surface area contributed by atoms with E-state index in [4.69, 9.17) is 0 Å². The van der Waals surface area contributed by atoms with Crippen LogP contribution in [0.3, 0.4) is 0 Å². The number of hydrogen-bond donors (Lipinski definition) is 1. The van der Waals surface area contributed by atoms with Crippen molar-refractivity contribution in [2.24, 2.45) is 0 Å². The maximum absolute atomic E-state index is 12.5. The monoisotopic (exact) mass is 363 g/mol. The highest BCUT2D eigenvalue weighted by Gasteiger charge is 2.36. The summed E-state index contributed by atoms with van der Waals surface area (Å²) in [6.07, 6.45) is 5.52. The van der Waals surface area contributed by atoms with Crippen LogP contribution in [0.2, 0.25) is 0 Å².